The highest BCUT2D eigenvalue weighted by Crippen LogP contribution is 2.04. The lowest BCUT2D eigenvalue weighted by Gasteiger charge is -1.96. The Labute approximate surface area is 63.8 Å². The van der Waals surface area contributed by atoms with Crippen molar-refractivity contribution in [3.8, 4) is 0 Å². The Hall–Kier alpha value is -0.460. The van der Waals surface area contributed by atoms with Gasteiger partial charge in [0.2, 0.25) is 0 Å². The molecule has 0 radical (unpaired) electrons. The van der Waals surface area contributed by atoms with E-state index in [9.17, 15) is 5.11 Å². The van der Waals surface area contributed by atoms with Crippen molar-refractivity contribution < 1.29 is 5.11 Å². The summed E-state index contributed by atoms with van der Waals surface area (Å²) in [7, 11) is 0. The summed E-state index contributed by atoms with van der Waals surface area (Å²) in [6.45, 7) is 4.25. The van der Waals surface area contributed by atoms with E-state index in [1.807, 2.05) is 6.08 Å². The summed E-state index contributed by atoms with van der Waals surface area (Å²) in [5, 5.41) is 9.17. The van der Waals surface area contributed by atoms with Crippen LogP contribution in [0.2, 0.25) is 0 Å². The molecule has 1 nitrogen and oxygen atoms in total. The molecule has 0 heterocycles. The first-order chi connectivity index (χ1) is 4.81. The van der Waals surface area contributed by atoms with Gasteiger partial charge in [-0.05, 0) is 18.9 Å². The summed E-state index contributed by atoms with van der Waals surface area (Å²) in [6.07, 6.45) is 7.17. The lowest BCUT2D eigenvalue weighted by Crippen LogP contribution is -1.80. The molecule has 0 saturated carbocycles. The SMILES string of the molecule is CCC/C=C(\O)CCCC. The minimum absolute atomic E-state index is 0.573. The summed E-state index contributed by atoms with van der Waals surface area (Å²) < 4.78 is 0. The zero-order valence-corrected chi connectivity index (χ0v) is 7.06. The minimum Gasteiger partial charge on any atom is -0.513 e. The number of unbranched alkanes of at least 4 members (excludes halogenated alkanes) is 2. The molecule has 0 aliphatic heterocycles. The molecule has 0 fully saturated rings. The maximum atomic E-state index is 9.17. The van der Waals surface area contributed by atoms with E-state index in [1.165, 1.54) is 0 Å². The number of aliphatic hydroxyl groups excluding tert-OH is 1. The zero-order chi connectivity index (χ0) is 7.82. The first-order valence-corrected chi connectivity index (χ1v) is 4.19. The molecule has 0 aliphatic rings. The van der Waals surface area contributed by atoms with Gasteiger partial charge in [0.25, 0.3) is 0 Å². The van der Waals surface area contributed by atoms with Crippen LogP contribution in [-0.2, 0) is 0 Å². The molecule has 0 bridgehead atoms. The summed E-state index contributed by atoms with van der Waals surface area (Å²) in [5.74, 6) is 0.573. The third kappa shape index (κ3) is 5.67. The third-order valence-electron chi connectivity index (χ3n) is 1.46. The van der Waals surface area contributed by atoms with Gasteiger partial charge in [0.1, 0.15) is 0 Å². The number of hydrogen-bond acceptors (Lipinski definition) is 1. The van der Waals surface area contributed by atoms with E-state index in [-0.39, 0.29) is 0 Å². The molecule has 0 spiro atoms. The van der Waals surface area contributed by atoms with Crippen molar-refractivity contribution in [2.45, 2.75) is 46.0 Å². The fourth-order valence-electron chi connectivity index (χ4n) is 0.771. The van der Waals surface area contributed by atoms with Crippen molar-refractivity contribution in [1.82, 2.24) is 0 Å². The number of hydrogen-bond donors (Lipinski definition) is 1. The highest BCUT2D eigenvalue weighted by molar-refractivity contribution is 4.89. The van der Waals surface area contributed by atoms with Crippen LogP contribution in [0.15, 0.2) is 11.8 Å². The van der Waals surface area contributed by atoms with Crippen LogP contribution in [0.5, 0.6) is 0 Å². The molecule has 1 heteroatoms. The van der Waals surface area contributed by atoms with Crippen LogP contribution in [0.25, 0.3) is 0 Å². The van der Waals surface area contributed by atoms with Gasteiger partial charge >= 0.3 is 0 Å². The normalized spacial score (nSPS) is 12.0. The molecule has 0 aromatic carbocycles. The van der Waals surface area contributed by atoms with E-state index in [2.05, 4.69) is 13.8 Å². The van der Waals surface area contributed by atoms with Crippen molar-refractivity contribution in [1.29, 1.82) is 0 Å². The molecule has 0 amide bonds. The summed E-state index contributed by atoms with van der Waals surface area (Å²) in [4.78, 5) is 0. The van der Waals surface area contributed by atoms with Gasteiger partial charge in [-0.1, -0.05) is 26.7 Å². The average Bonchev–Trinajstić information content (AvgIpc) is 1.97. The summed E-state index contributed by atoms with van der Waals surface area (Å²) in [6, 6.07) is 0. The monoisotopic (exact) mass is 142 g/mol. The Morgan fingerprint density at radius 2 is 2.00 bits per heavy atom. The van der Waals surface area contributed by atoms with Crippen molar-refractivity contribution >= 4 is 0 Å². The molecule has 10 heavy (non-hydrogen) atoms. The van der Waals surface area contributed by atoms with Gasteiger partial charge in [0, 0.05) is 6.42 Å². The fourth-order valence-corrected chi connectivity index (χ4v) is 0.771. The van der Waals surface area contributed by atoms with E-state index in [0.717, 1.165) is 32.1 Å². The van der Waals surface area contributed by atoms with Crippen LogP contribution in [0.4, 0.5) is 0 Å². The standard InChI is InChI=1S/C9H18O/c1-3-5-7-9(10)8-6-4-2/h7,10H,3-6,8H2,1-2H3/b9-7-. The predicted octanol–water partition coefficient (Wildman–Crippen LogP) is 3.42. The van der Waals surface area contributed by atoms with E-state index >= 15 is 0 Å². The van der Waals surface area contributed by atoms with Gasteiger partial charge in [0.05, 0.1) is 5.76 Å². The molecule has 0 unspecified atom stereocenters. The van der Waals surface area contributed by atoms with Gasteiger partial charge in [-0.3, -0.25) is 0 Å². The summed E-state index contributed by atoms with van der Waals surface area (Å²) >= 11 is 0. The topological polar surface area (TPSA) is 20.2 Å². The van der Waals surface area contributed by atoms with Gasteiger partial charge in [-0.15, -0.1) is 0 Å². The maximum Gasteiger partial charge on any atom is 0.0882 e. The van der Waals surface area contributed by atoms with Gasteiger partial charge in [-0.2, -0.15) is 0 Å². The van der Waals surface area contributed by atoms with Crippen molar-refractivity contribution in [2.75, 3.05) is 0 Å². The van der Waals surface area contributed by atoms with Crippen LogP contribution >= 0.6 is 0 Å². The van der Waals surface area contributed by atoms with E-state index in [1.54, 1.807) is 0 Å². The van der Waals surface area contributed by atoms with Gasteiger partial charge in [0.15, 0.2) is 0 Å². The highest BCUT2D eigenvalue weighted by atomic mass is 16.3. The zero-order valence-electron chi connectivity index (χ0n) is 7.06. The molecule has 60 valence electrons. The second kappa shape index (κ2) is 6.66. The molecule has 0 rings (SSSR count). The van der Waals surface area contributed by atoms with Gasteiger partial charge in [-0.25, -0.2) is 0 Å². The maximum absolute atomic E-state index is 9.17. The molecule has 0 atom stereocenters. The highest BCUT2D eigenvalue weighted by Gasteiger charge is 1.89. The van der Waals surface area contributed by atoms with Crippen LogP contribution in [0.1, 0.15) is 46.0 Å². The van der Waals surface area contributed by atoms with Crippen molar-refractivity contribution in [3.05, 3.63) is 11.8 Å². The molecule has 0 aromatic heterocycles. The third-order valence-corrected chi connectivity index (χ3v) is 1.46. The average molecular weight is 142 g/mol. The Balaban J connectivity index is 3.30. The quantitative estimate of drug-likeness (QED) is 0.583. The second-order valence-corrected chi connectivity index (χ2v) is 2.59. The smallest absolute Gasteiger partial charge is 0.0882 e. The van der Waals surface area contributed by atoms with Crippen molar-refractivity contribution in [2.24, 2.45) is 0 Å². The lowest BCUT2D eigenvalue weighted by atomic mass is 10.2. The van der Waals surface area contributed by atoms with E-state index < -0.39 is 0 Å². The first kappa shape index (κ1) is 9.54. The molecule has 0 saturated heterocycles. The molecular weight excluding hydrogens is 124 g/mol. The first-order valence-electron chi connectivity index (χ1n) is 4.19. The number of aliphatic hydroxyl groups is 1. The molecule has 1 N–H and O–H groups in total. The Morgan fingerprint density at radius 1 is 1.30 bits per heavy atom. The fraction of sp³-hybridized carbons (Fsp3) is 0.778. The number of allylic oxidation sites excluding steroid dienone is 2. The van der Waals surface area contributed by atoms with Crippen LogP contribution in [0.3, 0.4) is 0 Å². The predicted molar refractivity (Wildman–Crippen MR) is 45.1 cm³/mol. The summed E-state index contributed by atoms with van der Waals surface area (Å²) in [5.41, 5.74) is 0. The van der Waals surface area contributed by atoms with E-state index in [0.29, 0.717) is 5.76 Å². The van der Waals surface area contributed by atoms with Crippen LogP contribution < -0.4 is 0 Å². The van der Waals surface area contributed by atoms with Crippen LogP contribution in [0, 0.1) is 0 Å². The minimum atomic E-state index is 0.573. The molecular formula is C9H18O. The van der Waals surface area contributed by atoms with Gasteiger partial charge < -0.3 is 5.11 Å². The molecule has 0 aliphatic carbocycles. The molecule has 0 aromatic rings. The Kier molecular flexibility index (Phi) is 6.35. The van der Waals surface area contributed by atoms with E-state index in [4.69, 9.17) is 0 Å². The Bertz CT molecular complexity index is 94.9. The second-order valence-electron chi connectivity index (χ2n) is 2.59. The largest absolute Gasteiger partial charge is 0.513 e. The lowest BCUT2D eigenvalue weighted by molar-refractivity contribution is 0.380. The Morgan fingerprint density at radius 3 is 2.50 bits per heavy atom. The number of rotatable bonds is 5. The van der Waals surface area contributed by atoms with Crippen molar-refractivity contribution in [3.63, 3.8) is 0 Å². The van der Waals surface area contributed by atoms with Crippen LogP contribution in [-0.4, -0.2) is 5.11 Å².